The molecule has 1 amide bonds. The molecule has 3 aromatic rings. The molecule has 3 rings (SSSR count). The van der Waals surface area contributed by atoms with E-state index in [0.717, 1.165) is 28.3 Å². The Morgan fingerprint density at radius 1 is 1.26 bits per heavy atom. The lowest BCUT2D eigenvalue weighted by atomic mass is 10.1. The van der Waals surface area contributed by atoms with Gasteiger partial charge < -0.3 is 15.4 Å². The number of methoxy groups -OCH3 is 1. The fraction of sp³-hybridized carbons (Fsp3) is 0.368. The molecule has 0 aliphatic carbocycles. The van der Waals surface area contributed by atoms with Gasteiger partial charge in [0.1, 0.15) is 5.75 Å². The first-order chi connectivity index (χ1) is 12.9. The van der Waals surface area contributed by atoms with Crippen LogP contribution < -0.4 is 10.5 Å². The molecule has 0 saturated carbocycles. The van der Waals surface area contributed by atoms with Gasteiger partial charge in [-0.1, -0.05) is 18.2 Å². The van der Waals surface area contributed by atoms with E-state index in [9.17, 15) is 4.79 Å². The molecule has 27 heavy (non-hydrogen) atoms. The zero-order chi connectivity index (χ0) is 19.6. The largest absolute Gasteiger partial charge is 0.496 e. The van der Waals surface area contributed by atoms with Crippen LogP contribution in [0.2, 0.25) is 0 Å². The standard InChI is InChI=1S/C19H24N6O2/c1-12-15(13(2)25-19(21-12)22-18(20)23-25)9-10-17(26)24(3)11-14-7-5-6-8-16(14)27-4/h5-8H,9-11H2,1-4H3,(H2,20,23). The number of nitrogens with two attached hydrogens (primary N) is 1. The number of aromatic nitrogens is 4. The summed E-state index contributed by atoms with van der Waals surface area (Å²) in [5.74, 6) is 1.50. The lowest BCUT2D eigenvalue weighted by molar-refractivity contribution is -0.130. The molecule has 0 fully saturated rings. The van der Waals surface area contributed by atoms with Gasteiger partial charge in [0.15, 0.2) is 0 Å². The number of ether oxygens (including phenoxy) is 1. The van der Waals surface area contributed by atoms with Gasteiger partial charge in [-0.25, -0.2) is 4.98 Å². The van der Waals surface area contributed by atoms with E-state index in [2.05, 4.69) is 15.1 Å². The van der Waals surface area contributed by atoms with Gasteiger partial charge in [-0.2, -0.15) is 9.50 Å². The first-order valence-electron chi connectivity index (χ1n) is 8.75. The van der Waals surface area contributed by atoms with Gasteiger partial charge in [0.05, 0.1) is 7.11 Å². The number of hydrogen-bond donors (Lipinski definition) is 1. The van der Waals surface area contributed by atoms with Gasteiger partial charge in [-0.15, -0.1) is 5.10 Å². The third-order valence-electron chi connectivity index (χ3n) is 4.68. The second-order valence-electron chi connectivity index (χ2n) is 6.50. The predicted octanol–water partition coefficient (Wildman–Crippen LogP) is 1.92. The summed E-state index contributed by atoms with van der Waals surface area (Å²) in [5.41, 5.74) is 9.38. The highest BCUT2D eigenvalue weighted by atomic mass is 16.5. The van der Waals surface area contributed by atoms with E-state index in [1.165, 1.54) is 0 Å². The number of nitrogens with zero attached hydrogens (tertiary/aromatic N) is 5. The average molecular weight is 368 g/mol. The van der Waals surface area contributed by atoms with E-state index < -0.39 is 0 Å². The number of carbonyl (C=O) groups excluding carboxylic acids is 1. The van der Waals surface area contributed by atoms with E-state index in [1.807, 2.05) is 38.1 Å². The van der Waals surface area contributed by atoms with Gasteiger partial charge in [-0.05, 0) is 31.9 Å². The number of benzene rings is 1. The Balaban J connectivity index is 1.71. The van der Waals surface area contributed by atoms with Crippen LogP contribution in [0.4, 0.5) is 5.95 Å². The minimum absolute atomic E-state index is 0.0536. The summed E-state index contributed by atoms with van der Waals surface area (Å²) in [7, 11) is 3.43. The summed E-state index contributed by atoms with van der Waals surface area (Å²) in [6.07, 6.45) is 0.958. The van der Waals surface area contributed by atoms with Gasteiger partial charge in [0.2, 0.25) is 11.9 Å². The average Bonchev–Trinajstić information content (AvgIpc) is 3.02. The highest BCUT2D eigenvalue weighted by molar-refractivity contribution is 5.76. The second-order valence-corrected chi connectivity index (χ2v) is 6.50. The molecule has 0 spiro atoms. The van der Waals surface area contributed by atoms with E-state index >= 15 is 0 Å². The zero-order valence-corrected chi connectivity index (χ0v) is 16.1. The van der Waals surface area contributed by atoms with Crippen molar-refractivity contribution >= 4 is 17.6 Å². The maximum Gasteiger partial charge on any atom is 0.254 e. The van der Waals surface area contributed by atoms with E-state index in [0.29, 0.717) is 25.2 Å². The van der Waals surface area contributed by atoms with E-state index in [4.69, 9.17) is 10.5 Å². The van der Waals surface area contributed by atoms with E-state index in [-0.39, 0.29) is 11.9 Å². The fourth-order valence-electron chi connectivity index (χ4n) is 3.19. The molecule has 0 atom stereocenters. The fourth-order valence-corrected chi connectivity index (χ4v) is 3.19. The van der Waals surface area contributed by atoms with Crippen molar-refractivity contribution in [3.8, 4) is 5.75 Å². The Morgan fingerprint density at radius 3 is 2.74 bits per heavy atom. The lowest BCUT2D eigenvalue weighted by Crippen LogP contribution is -2.26. The van der Waals surface area contributed by atoms with Gasteiger partial charge in [0.25, 0.3) is 5.78 Å². The number of amides is 1. The molecule has 0 bridgehead atoms. The van der Waals surface area contributed by atoms with Crippen molar-refractivity contribution < 1.29 is 9.53 Å². The van der Waals surface area contributed by atoms with Gasteiger partial charge >= 0.3 is 0 Å². The first-order valence-corrected chi connectivity index (χ1v) is 8.75. The molecular formula is C19H24N6O2. The molecule has 0 radical (unpaired) electrons. The number of nitrogen functional groups attached to an aromatic ring is 1. The van der Waals surface area contributed by atoms with Crippen molar-refractivity contribution in [3.63, 3.8) is 0 Å². The second kappa shape index (κ2) is 7.61. The van der Waals surface area contributed by atoms with Gasteiger partial charge in [-0.3, -0.25) is 4.79 Å². The number of rotatable bonds is 6. The third-order valence-corrected chi connectivity index (χ3v) is 4.68. The van der Waals surface area contributed by atoms with Crippen molar-refractivity contribution in [1.82, 2.24) is 24.5 Å². The van der Waals surface area contributed by atoms with Crippen molar-refractivity contribution in [2.75, 3.05) is 19.9 Å². The summed E-state index contributed by atoms with van der Waals surface area (Å²) in [6, 6.07) is 7.71. The topological polar surface area (TPSA) is 98.6 Å². The molecule has 0 unspecified atom stereocenters. The quantitative estimate of drug-likeness (QED) is 0.714. The monoisotopic (exact) mass is 368 g/mol. The van der Waals surface area contributed by atoms with Crippen LogP contribution in [0.25, 0.3) is 5.78 Å². The summed E-state index contributed by atoms with van der Waals surface area (Å²) >= 11 is 0. The number of fused-ring (bicyclic) bond motifs is 1. The number of hydrogen-bond acceptors (Lipinski definition) is 6. The summed E-state index contributed by atoms with van der Waals surface area (Å²) in [5, 5.41) is 4.16. The minimum atomic E-state index is 0.0536. The normalized spacial score (nSPS) is 11.0. The Morgan fingerprint density at radius 2 is 2.00 bits per heavy atom. The summed E-state index contributed by atoms with van der Waals surface area (Å²) < 4.78 is 6.98. The first kappa shape index (κ1) is 18.6. The van der Waals surface area contributed by atoms with Crippen molar-refractivity contribution in [2.45, 2.75) is 33.2 Å². The molecule has 1 aromatic carbocycles. The molecule has 0 aliphatic heterocycles. The minimum Gasteiger partial charge on any atom is -0.496 e. The number of carbonyl (C=O) groups is 1. The Kier molecular flexibility index (Phi) is 5.25. The van der Waals surface area contributed by atoms with Crippen LogP contribution in [0.1, 0.15) is 28.9 Å². The van der Waals surface area contributed by atoms with Crippen LogP contribution >= 0.6 is 0 Å². The van der Waals surface area contributed by atoms with Crippen molar-refractivity contribution in [1.29, 1.82) is 0 Å². The lowest BCUT2D eigenvalue weighted by Gasteiger charge is -2.19. The molecule has 142 valence electrons. The van der Waals surface area contributed by atoms with Crippen LogP contribution in [0, 0.1) is 13.8 Å². The molecule has 8 nitrogen and oxygen atoms in total. The summed E-state index contributed by atoms with van der Waals surface area (Å²) in [6.45, 7) is 4.35. The van der Waals surface area contributed by atoms with Crippen molar-refractivity contribution in [2.24, 2.45) is 0 Å². The number of anilines is 1. The smallest absolute Gasteiger partial charge is 0.254 e. The van der Waals surface area contributed by atoms with Crippen LogP contribution in [0.15, 0.2) is 24.3 Å². The van der Waals surface area contributed by atoms with Crippen LogP contribution in [0.3, 0.4) is 0 Å². The Labute approximate surface area is 158 Å². The molecule has 2 heterocycles. The molecule has 2 N–H and O–H groups in total. The molecule has 0 saturated heterocycles. The maximum absolute atomic E-state index is 12.6. The summed E-state index contributed by atoms with van der Waals surface area (Å²) in [4.78, 5) is 22.9. The highest BCUT2D eigenvalue weighted by Gasteiger charge is 2.16. The predicted molar refractivity (Wildman–Crippen MR) is 102 cm³/mol. The van der Waals surface area contributed by atoms with Gasteiger partial charge in [0, 0.05) is 37.0 Å². The SMILES string of the molecule is COc1ccccc1CN(C)C(=O)CCc1c(C)nc2nc(N)nn2c1C. The van der Waals surface area contributed by atoms with Crippen LogP contribution in [-0.2, 0) is 17.8 Å². The van der Waals surface area contributed by atoms with Crippen LogP contribution in [-0.4, -0.2) is 44.5 Å². The number of para-hydroxylation sites is 1. The number of aryl methyl sites for hydroxylation is 2. The Bertz CT molecular complexity index is 982. The molecule has 0 aliphatic rings. The maximum atomic E-state index is 12.6. The van der Waals surface area contributed by atoms with Crippen molar-refractivity contribution in [3.05, 3.63) is 46.8 Å². The molecule has 8 heteroatoms. The zero-order valence-electron chi connectivity index (χ0n) is 16.1. The van der Waals surface area contributed by atoms with E-state index in [1.54, 1.807) is 23.6 Å². The Hall–Kier alpha value is -3.16. The third kappa shape index (κ3) is 3.84. The highest BCUT2D eigenvalue weighted by Crippen LogP contribution is 2.20. The molecule has 2 aromatic heterocycles. The molecular weight excluding hydrogens is 344 g/mol. The van der Waals surface area contributed by atoms with Crippen LogP contribution in [0.5, 0.6) is 5.75 Å².